The van der Waals surface area contributed by atoms with Crippen molar-refractivity contribution >= 4 is 28.8 Å². The van der Waals surface area contributed by atoms with Gasteiger partial charge in [0.1, 0.15) is 11.5 Å². The van der Waals surface area contributed by atoms with Crippen molar-refractivity contribution < 1.29 is 14.3 Å². The van der Waals surface area contributed by atoms with E-state index in [4.69, 9.17) is 4.74 Å². The van der Waals surface area contributed by atoms with Gasteiger partial charge >= 0.3 is 0 Å². The highest BCUT2D eigenvalue weighted by molar-refractivity contribution is 7.11. The first-order valence-corrected chi connectivity index (χ1v) is 11.6. The minimum atomic E-state index is 0.00147. The van der Waals surface area contributed by atoms with Crippen LogP contribution in [0, 0.1) is 0 Å². The molecule has 2 aromatic carbocycles. The number of para-hydroxylation sites is 1. The molecule has 0 unspecified atom stereocenters. The van der Waals surface area contributed by atoms with Crippen LogP contribution in [0.25, 0.3) is 0 Å². The molecule has 0 aliphatic carbocycles. The van der Waals surface area contributed by atoms with Crippen LogP contribution in [-0.2, 0) is 4.79 Å². The Labute approximate surface area is 190 Å². The van der Waals surface area contributed by atoms with Gasteiger partial charge in [-0.3, -0.25) is 14.5 Å². The minimum Gasteiger partial charge on any atom is -0.457 e. The van der Waals surface area contributed by atoms with Crippen molar-refractivity contribution in [1.82, 2.24) is 14.8 Å². The van der Waals surface area contributed by atoms with Crippen LogP contribution in [-0.4, -0.2) is 65.4 Å². The van der Waals surface area contributed by atoms with Crippen molar-refractivity contribution in [2.24, 2.45) is 0 Å². The third-order valence-corrected chi connectivity index (χ3v) is 6.73. The minimum absolute atomic E-state index is 0.00147. The first kappa shape index (κ1) is 20.7. The van der Waals surface area contributed by atoms with Gasteiger partial charge in [-0.15, -0.1) is 11.3 Å². The standard InChI is InChI=1S/C24H24N4O3S/c29-22-16-19(26-11-13-27(14-12-26)24(30)23-25-10-15-32-23)17-28(22)18-6-8-21(9-7-18)31-20-4-2-1-3-5-20/h1-10,15,19H,11-14,16-17H2/t19-/m0/s1. The highest BCUT2D eigenvalue weighted by Gasteiger charge is 2.36. The topological polar surface area (TPSA) is 66.0 Å². The summed E-state index contributed by atoms with van der Waals surface area (Å²) in [5.41, 5.74) is 0.885. The first-order valence-electron chi connectivity index (χ1n) is 10.7. The van der Waals surface area contributed by atoms with Crippen LogP contribution in [0.1, 0.15) is 16.2 Å². The van der Waals surface area contributed by atoms with Gasteiger partial charge in [-0.25, -0.2) is 4.98 Å². The number of ether oxygens (including phenoxy) is 1. The highest BCUT2D eigenvalue weighted by atomic mass is 32.1. The molecule has 0 N–H and O–H groups in total. The van der Waals surface area contributed by atoms with E-state index in [1.165, 1.54) is 11.3 Å². The molecular formula is C24H24N4O3S. The number of amides is 2. The molecule has 3 heterocycles. The van der Waals surface area contributed by atoms with Gasteiger partial charge < -0.3 is 14.5 Å². The molecule has 0 radical (unpaired) electrons. The van der Waals surface area contributed by atoms with Gasteiger partial charge in [0.15, 0.2) is 5.01 Å². The summed E-state index contributed by atoms with van der Waals surface area (Å²) in [5.74, 6) is 1.66. The predicted molar refractivity (Wildman–Crippen MR) is 123 cm³/mol. The lowest BCUT2D eigenvalue weighted by Gasteiger charge is -2.37. The molecule has 1 aromatic heterocycles. The Bertz CT molecular complexity index is 1060. The Morgan fingerprint density at radius 1 is 0.969 bits per heavy atom. The van der Waals surface area contributed by atoms with E-state index in [1.54, 1.807) is 6.20 Å². The fourth-order valence-electron chi connectivity index (χ4n) is 4.26. The Balaban J connectivity index is 1.17. The van der Waals surface area contributed by atoms with Crippen molar-refractivity contribution in [3.63, 3.8) is 0 Å². The van der Waals surface area contributed by atoms with E-state index in [0.717, 1.165) is 30.3 Å². The first-order chi connectivity index (χ1) is 15.7. The van der Waals surface area contributed by atoms with Crippen molar-refractivity contribution in [2.75, 3.05) is 37.6 Å². The molecule has 32 heavy (non-hydrogen) atoms. The Hall–Kier alpha value is -3.23. The number of rotatable bonds is 5. The summed E-state index contributed by atoms with van der Waals surface area (Å²) >= 11 is 1.37. The van der Waals surface area contributed by atoms with Gasteiger partial charge in [-0.2, -0.15) is 0 Å². The highest BCUT2D eigenvalue weighted by Crippen LogP contribution is 2.28. The van der Waals surface area contributed by atoms with Crippen LogP contribution in [0.15, 0.2) is 66.2 Å². The number of thiazole rings is 1. The lowest BCUT2D eigenvalue weighted by molar-refractivity contribution is -0.117. The molecule has 2 fully saturated rings. The smallest absolute Gasteiger partial charge is 0.282 e. The summed E-state index contributed by atoms with van der Waals surface area (Å²) in [6.07, 6.45) is 2.16. The average Bonchev–Trinajstić information content (AvgIpc) is 3.50. The van der Waals surface area contributed by atoms with Crippen molar-refractivity contribution in [3.8, 4) is 11.5 Å². The quantitative estimate of drug-likeness (QED) is 0.598. The van der Waals surface area contributed by atoms with E-state index >= 15 is 0 Å². The molecule has 164 valence electrons. The van der Waals surface area contributed by atoms with Crippen molar-refractivity contribution in [3.05, 3.63) is 71.2 Å². The summed E-state index contributed by atoms with van der Waals surface area (Å²) in [5, 5.41) is 2.36. The molecule has 5 rings (SSSR count). The third-order valence-electron chi connectivity index (χ3n) is 5.97. The summed E-state index contributed by atoms with van der Waals surface area (Å²) in [4.78, 5) is 35.4. The number of piperazine rings is 1. The zero-order chi connectivity index (χ0) is 21.9. The van der Waals surface area contributed by atoms with E-state index in [1.807, 2.05) is 69.8 Å². The molecule has 2 aliphatic rings. The number of hydrogen-bond donors (Lipinski definition) is 0. The van der Waals surface area contributed by atoms with E-state index in [-0.39, 0.29) is 17.9 Å². The van der Waals surface area contributed by atoms with E-state index in [9.17, 15) is 9.59 Å². The van der Waals surface area contributed by atoms with Gasteiger partial charge in [0.25, 0.3) is 5.91 Å². The molecule has 2 amide bonds. The zero-order valence-corrected chi connectivity index (χ0v) is 18.4. The van der Waals surface area contributed by atoms with E-state index in [0.29, 0.717) is 31.1 Å². The average molecular weight is 449 g/mol. The number of hydrogen-bond acceptors (Lipinski definition) is 6. The molecule has 8 heteroatoms. The normalized spacial score (nSPS) is 19.4. The maximum absolute atomic E-state index is 12.7. The summed E-state index contributed by atoms with van der Waals surface area (Å²) in [7, 11) is 0. The monoisotopic (exact) mass is 448 g/mol. The van der Waals surface area contributed by atoms with Crippen molar-refractivity contribution in [1.29, 1.82) is 0 Å². The fraction of sp³-hybridized carbons (Fsp3) is 0.292. The van der Waals surface area contributed by atoms with Gasteiger partial charge in [0, 0.05) is 62.5 Å². The van der Waals surface area contributed by atoms with Crippen LogP contribution >= 0.6 is 11.3 Å². The molecule has 1 atom stereocenters. The largest absolute Gasteiger partial charge is 0.457 e. The van der Waals surface area contributed by atoms with Crippen LogP contribution in [0.2, 0.25) is 0 Å². The Morgan fingerprint density at radius 2 is 1.69 bits per heavy atom. The fourth-order valence-corrected chi connectivity index (χ4v) is 4.86. The number of anilines is 1. The van der Waals surface area contributed by atoms with Crippen LogP contribution in [0.5, 0.6) is 11.5 Å². The zero-order valence-electron chi connectivity index (χ0n) is 17.6. The summed E-state index contributed by atoms with van der Waals surface area (Å²) in [6, 6.07) is 17.5. The van der Waals surface area contributed by atoms with Crippen LogP contribution < -0.4 is 9.64 Å². The Kier molecular flexibility index (Phi) is 5.87. The molecule has 0 saturated carbocycles. The molecule has 2 aliphatic heterocycles. The van der Waals surface area contributed by atoms with Crippen LogP contribution in [0.4, 0.5) is 5.69 Å². The van der Waals surface area contributed by atoms with E-state index < -0.39 is 0 Å². The molecule has 0 bridgehead atoms. The SMILES string of the molecule is O=C(c1nccs1)N1CCN([C@H]2CC(=O)N(c3ccc(Oc4ccccc4)cc3)C2)CC1. The van der Waals surface area contributed by atoms with Gasteiger partial charge in [0.2, 0.25) is 5.91 Å². The number of benzene rings is 2. The van der Waals surface area contributed by atoms with E-state index in [2.05, 4.69) is 9.88 Å². The van der Waals surface area contributed by atoms with Crippen molar-refractivity contribution in [2.45, 2.75) is 12.5 Å². The summed E-state index contributed by atoms with van der Waals surface area (Å²) < 4.78 is 5.85. The lowest BCUT2D eigenvalue weighted by Crippen LogP contribution is -2.52. The second-order valence-corrected chi connectivity index (χ2v) is 8.83. The molecule has 2 saturated heterocycles. The predicted octanol–water partition coefficient (Wildman–Crippen LogP) is 3.50. The Morgan fingerprint density at radius 3 is 2.38 bits per heavy atom. The maximum atomic E-state index is 12.7. The second kappa shape index (κ2) is 9.10. The number of carbonyl (C=O) groups excluding carboxylic acids is 2. The molecule has 3 aromatic rings. The lowest BCUT2D eigenvalue weighted by atomic mass is 10.2. The number of nitrogens with zero attached hydrogens (tertiary/aromatic N) is 4. The second-order valence-electron chi connectivity index (χ2n) is 7.94. The number of aromatic nitrogens is 1. The van der Waals surface area contributed by atoms with Crippen LogP contribution in [0.3, 0.4) is 0 Å². The maximum Gasteiger partial charge on any atom is 0.282 e. The third kappa shape index (κ3) is 4.37. The molecule has 7 nitrogen and oxygen atoms in total. The molecular weight excluding hydrogens is 424 g/mol. The number of carbonyl (C=O) groups is 2. The van der Waals surface area contributed by atoms with Gasteiger partial charge in [0.05, 0.1) is 0 Å². The van der Waals surface area contributed by atoms with Gasteiger partial charge in [-0.1, -0.05) is 18.2 Å². The summed E-state index contributed by atoms with van der Waals surface area (Å²) in [6.45, 7) is 3.53. The molecule has 0 spiro atoms. The van der Waals surface area contributed by atoms with Gasteiger partial charge in [-0.05, 0) is 36.4 Å².